The minimum absolute atomic E-state index is 0.102. The number of thioether (sulfide) groups is 1. The van der Waals surface area contributed by atoms with E-state index in [0.717, 1.165) is 40.8 Å². The number of nitrogens with zero attached hydrogens (tertiary/aromatic N) is 1. The molecular weight excluding hydrogens is 536 g/mol. The Balaban J connectivity index is 1.56. The van der Waals surface area contributed by atoms with Crippen LogP contribution in [-0.4, -0.2) is 72.3 Å². The van der Waals surface area contributed by atoms with Gasteiger partial charge in [0.25, 0.3) is 5.91 Å². The third kappa shape index (κ3) is 8.42. The van der Waals surface area contributed by atoms with Gasteiger partial charge in [-0.2, -0.15) is 11.8 Å². The van der Waals surface area contributed by atoms with Gasteiger partial charge in [0.2, 0.25) is 0 Å². The molecule has 1 fully saturated rings. The highest BCUT2D eigenvalue weighted by molar-refractivity contribution is 7.98. The lowest BCUT2D eigenvalue weighted by molar-refractivity contribution is -0.139. The molecule has 3 aromatic carbocycles. The number of likely N-dealkylation sites (tertiary alicyclic amines) is 1. The van der Waals surface area contributed by atoms with Crippen molar-refractivity contribution in [1.29, 1.82) is 0 Å². The number of hydrogen-bond donors (Lipinski definition) is 2. The number of benzene rings is 3. The van der Waals surface area contributed by atoms with Gasteiger partial charge in [0, 0.05) is 31.8 Å². The number of methoxy groups -OCH3 is 1. The van der Waals surface area contributed by atoms with Crippen molar-refractivity contribution in [2.75, 3.05) is 32.3 Å². The lowest BCUT2D eigenvalue weighted by Crippen LogP contribution is -2.41. The van der Waals surface area contributed by atoms with Crippen molar-refractivity contribution in [3.8, 4) is 11.1 Å². The van der Waals surface area contributed by atoms with E-state index < -0.39 is 12.0 Å². The second kappa shape index (κ2) is 15.2. The van der Waals surface area contributed by atoms with E-state index in [-0.39, 0.29) is 18.1 Å². The average molecular weight is 577 g/mol. The topological polar surface area (TPSA) is 88.1 Å². The van der Waals surface area contributed by atoms with Crippen LogP contribution in [0.1, 0.15) is 39.9 Å². The quantitative estimate of drug-likeness (QED) is 0.266. The molecule has 1 heterocycles. The Bertz CT molecular complexity index is 1300. The van der Waals surface area contributed by atoms with Crippen LogP contribution in [0.15, 0.2) is 72.8 Å². The maximum absolute atomic E-state index is 13.4. The predicted octanol–water partition coefficient (Wildman–Crippen LogP) is 5.40. The Morgan fingerprint density at radius 1 is 1.05 bits per heavy atom. The summed E-state index contributed by atoms with van der Waals surface area (Å²) >= 11 is 1.56. The molecule has 0 saturated carbocycles. The molecule has 7 nitrogen and oxygen atoms in total. The first-order valence-electron chi connectivity index (χ1n) is 14.0. The average Bonchev–Trinajstić information content (AvgIpc) is 3.35. The summed E-state index contributed by atoms with van der Waals surface area (Å²) < 4.78 is 11.8. The molecule has 0 aromatic heterocycles. The molecule has 4 rings (SSSR count). The van der Waals surface area contributed by atoms with Crippen LogP contribution in [0.4, 0.5) is 0 Å². The molecule has 41 heavy (non-hydrogen) atoms. The molecule has 1 amide bonds. The number of nitrogens with one attached hydrogen (secondary N) is 1. The van der Waals surface area contributed by atoms with Crippen LogP contribution in [0.3, 0.4) is 0 Å². The summed E-state index contributed by atoms with van der Waals surface area (Å²) in [6.07, 6.45) is 3.28. The van der Waals surface area contributed by atoms with Crippen LogP contribution < -0.4 is 5.32 Å². The Morgan fingerprint density at radius 2 is 1.80 bits per heavy atom. The molecule has 2 N–H and O–H groups in total. The van der Waals surface area contributed by atoms with E-state index in [1.807, 2.05) is 67.8 Å². The van der Waals surface area contributed by atoms with Crippen LogP contribution >= 0.6 is 11.8 Å². The van der Waals surface area contributed by atoms with Gasteiger partial charge in [-0.25, -0.2) is 4.79 Å². The molecule has 218 valence electrons. The van der Waals surface area contributed by atoms with E-state index >= 15 is 0 Å². The van der Waals surface area contributed by atoms with Crippen LogP contribution in [0.5, 0.6) is 0 Å². The van der Waals surface area contributed by atoms with Gasteiger partial charge in [0.1, 0.15) is 6.04 Å². The van der Waals surface area contributed by atoms with Gasteiger partial charge in [0.05, 0.1) is 19.3 Å². The van der Waals surface area contributed by atoms with Crippen molar-refractivity contribution in [1.82, 2.24) is 10.2 Å². The smallest absolute Gasteiger partial charge is 0.326 e. The third-order valence-electron chi connectivity index (χ3n) is 7.54. The van der Waals surface area contributed by atoms with Gasteiger partial charge in [0.15, 0.2) is 0 Å². The minimum atomic E-state index is -1.02. The highest BCUT2D eigenvalue weighted by Gasteiger charge is 2.33. The Labute approximate surface area is 247 Å². The second-order valence-electron chi connectivity index (χ2n) is 10.5. The number of hydrogen-bond acceptors (Lipinski definition) is 6. The molecule has 8 heteroatoms. The van der Waals surface area contributed by atoms with Gasteiger partial charge in [-0.1, -0.05) is 60.7 Å². The maximum Gasteiger partial charge on any atom is 0.326 e. The standard InChI is InChI=1S/C33H40N2O5S/c1-23-9-7-8-12-28(23)30-17-25(13-14-29(30)32(36)34-31(33(37)38)15-16-41-3)19-35-20-27(18-26(35)22-39-2)40-21-24-10-5-4-6-11-24/h4-14,17,26-27,31H,15-16,18-22H2,1-3H3,(H,34,36)(H,37,38)/t26-,27?,31+/m1/s1. The predicted molar refractivity (Wildman–Crippen MR) is 164 cm³/mol. The van der Waals surface area contributed by atoms with Crippen molar-refractivity contribution in [3.63, 3.8) is 0 Å². The van der Waals surface area contributed by atoms with Crippen LogP contribution in [0.2, 0.25) is 0 Å². The number of aliphatic carboxylic acids is 1. The van der Waals surface area contributed by atoms with E-state index in [4.69, 9.17) is 9.47 Å². The van der Waals surface area contributed by atoms with Gasteiger partial charge < -0.3 is 19.9 Å². The maximum atomic E-state index is 13.4. The largest absolute Gasteiger partial charge is 0.480 e. The first-order chi connectivity index (χ1) is 19.9. The van der Waals surface area contributed by atoms with Crippen molar-refractivity contribution < 1.29 is 24.2 Å². The summed E-state index contributed by atoms with van der Waals surface area (Å²) in [5.74, 6) is -0.755. The van der Waals surface area contributed by atoms with E-state index in [2.05, 4.69) is 28.4 Å². The SMILES string of the molecule is COC[C@H]1CC(OCc2ccccc2)CN1Cc1ccc(C(=O)N[C@@H](CCSC)C(=O)O)c(-c2ccccc2C)c1. The fourth-order valence-electron chi connectivity index (χ4n) is 5.36. The summed E-state index contributed by atoms with van der Waals surface area (Å²) in [5, 5.41) is 12.4. The van der Waals surface area contributed by atoms with Crippen molar-refractivity contribution in [2.45, 2.75) is 51.1 Å². The molecule has 1 aliphatic rings. The minimum Gasteiger partial charge on any atom is -0.480 e. The number of carbonyl (C=O) groups is 2. The number of rotatable bonds is 14. The zero-order chi connectivity index (χ0) is 29.2. The molecule has 1 aliphatic heterocycles. The molecule has 0 spiro atoms. The lowest BCUT2D eigenvalue weighted by atomic mass is 9.93. The van der Waals surface area contributed by atoms with Crippen LogP contribution in [0, 0.1) is 6.92 Å². The number of aryl methyl sites for hydroxylation is 1. The van der Waals surface area contributed by atoms with E-state index in [0.29, 0.717) is 37.5 Å². The van der Waals surface area contributed by atoms with E-state index in [1.54, 1.807) is 18.9 Å². The monoisotopic (exact) mass is 576 g/mol. The molecule has 0 bridgehead atoms. The van der Waals surface area contributed by atoms with Crippen molar-refractivity contribution in [2.24, 2.45) is 0 Å². The molecule has 0 radical (unpaired) electrons. The normalized spacial score (nSPS) is 17.8. The van der Waals surface area contributed by atoms with Crippen LogP contribution in [0.25, 0.3) is 11.1 Å². The fraction of sp³-hybridized carbons (Fsp3) is 0.394. The number of ether oxygens (including phenoxy) is 2. The molecule has 0 aliphatic carbocycles. The summed E-state index contributed by atoms with van der Waals surface area (Å²) in [4.78, 5) is 27.6. The molecular formula is C33H40N2O5S. The second-order valence-corrected chi connectivity index (χ2v) is 11.5. The first kappa shape index (κ1) is 30.8. The summed E-state index contributed by atoms with van der Waals surface area (Å²) in [5.41, 5.74) is 5.49. The fourth-order valence-corrected chi connectivity index (χ4v) is 5.83. The Hall–Kier alpha value is -3.17. The van der Waals surface area contributed by atoms with Gasteiger partial charge >= 0.3 is 5.97 Å². The van der Waals surface area contributed by atoms with Gasteiger partial charge in [-0.05, 0) is 71.7 Å². The number of carboxylic acids is 1. The number of carboxylic acid groups (broad SMARTS) is 1. The number of carbonyl (C=O) groups excluding carboxylic acids is 1. The first-order valence-corrected chi connectivity index (χ1v) is 15.4. The summed E-state index contributed by atoms with van der Waals surface area (Å²) in [6, 6.07) is 23.3. The number of amides is 1. The third-order valence-corrected chi connectivity index (χ3v) is 8.18. The summed E-state index contributed by atoms with van der Waals surface area (Å²) in [7, 11) is 1.73. The lowest BCUT2D eigenvalue weighted by Gasteiger charge is -2.24. The van der Waals surface area contributed by atoms with Crippen LogP contribution in [-0.2, 0) is 27.4 Å². The molecule has 1 saturated heterocycles. The molecule has 3 atom stereocenters. The summed E-state index contributed by atoms with van der Waals surface area (Å²) in [6.45, 7) is 4.69. The molecule has 3 aromatic rings. The highest BCUT2D eigenvalue weighted by atomic mass is 32.2. The molecule has 1 unspecified atom stereocenters. The van der Waals surface area contributed by atoms with E-state index in [9.17, 15) is 14.7 Å². The van der Waals surface area contributed by atoms with E-state index in [1.165, 1.54) is 0 Å². The highest BCUT2D eigenvalue weighted by Crippen LogP contribution is 2.30. The van der Waals surface area contributed by atoms with Crippen molar-refractivity contribution >= 4 is 23.6 Å². The van der Waals surface area contributed by atoms with Gasteiger partial charge in [-0.15, -0.1) is 0 Å². The van der Waals surface area contributed by atoms with Crippen molar-refractivity contribution in [3.05, 3.63) is 95.1 Å². The Morgan fingerprint density at radius 3 is 2.51 bits per heavy atom. The van der Waals surface area contributed by atoms with Gasteiger partial charge in [-0.3, -0.25) is 9.69 Å². The Kier molecular flexibility index (Phi) is 11.4. The zero-order valence-corrected chi connectivity index (χ0v) is 24.9. The zero-order valence-electron chi connectivity index (χ0n) is 24.0.